The fourth-order valence-corrected chi connectivity index (χ4v) is 5.77. The highest BCUT2D eigenvalue weighted by molar-refractivity contribution is 9.10. The van der Waals surface area contributed by atoms with Gasteiger partial charge in [0.05, 0.1) is 15.0 Å². The van der Waals surface area contributed by atoms with Crippen LogP contribution in [-0.4, -0.2) is 53.1 Å². The molecule has 0 spiro atoms. The van der Waals surface area contributed by atoms with Crippen LogP contribution in [0.2, 0.25) is 0 Å². The first-order valence-electron chi connectivity index (χ1n) is 10.4. The van der Waals surface area contributed by atoms with Crippen LogP contribution in [0.4, 0.5) is 11.6 Å². The molecule has 0 aromatic carbocycles. The smallest absolute Gasteiger partial charge is 0.250 e. The van der Waals surface area contributed by atoms with Crippen LogP contribution in [0, 0.1) is 0 Å². The molecule has 0 unspecified atom stereocenters. The number of anilines is 2. The molecule has 4 rings (SSSR count). The van der Waals surface area contributed by atoms with Gasteiger partial charge in [-0.3, -0.25) is 9.59 Å². The monoisotopic (exact) mass is 567 g/mol. The Morgan fingerprint density at radius 2 is 2.00 bits per heavy atom. The third kappa shape index (κ3) is 5.68. The molecule has 1 aliphatic rings. The normalized spacial score (nSPS) is 13.6. The topological polar surface area (TPSA) is 148 Å². The number of carbonyl (C=O) groups excluding carboxylic acids is 2. The van der Waals surface area contributed by atoms with Crippen molar-refractivity contribution in [2.75, 3.05) is 18.4 Å². The minimum Gasteiger partial charge on any atom is -0.355 e. The van der Waals surface area contributed by atoms with E-state index >= 15 is 0 Å². The van der Waals surface area contributed by atoms with Crippen LogP contribution in [0.1, 0.15) is 43.1 Å². The Balaban J connectivity index is 1.52. The average molecular weight is 568 g/mol. The lowest BCUT2D eigenvalue weighted by Crippen LogP contribution is -2.33. The van der Waals surface area contributed by atoms with E-state index in [1.165, 1.54) is 24.6 Å². The van der Waals surface area contributed by atoms with Crippen LogP contribution in [-0.2, 0) is 14.8 Å². The number of hydrogen-bond donors (Lipinski definition) is 3. The molecule has 14 heteroatoms. The summed E-state index contributed by atoms with van der Waals surface area (Å²) in [5.74, 6) is 1.21. The number of nitrogens with zero attached hydrogens (tertiary/aromatic N) is 4. The Kier molecular flexibility index (Phi) is 7.12. The predicted octanol–water partition coefficient (Wildman–Crippen LogP) is 2.86. The van der Waals surface area contributed by atoms with Gasteiger partial charge in [0, 0.05) is 45.1 Å². The van der Waals surface area contributed by atoms with E-state index in [0.29, 0.717) is 32.7 Å². The molecule has 1 aliphatic carbocycles. The Bertz CT molecular complexity index is 1350. The molecule has 34 heavy (non-hydrogen) atoms. The first kappa shape index (κ1) is 24.4. The highest BCUT2D eigenvalue weighted by Gasteiger charge is 2.29. The van der Waals surface area contributed by atoms with Crippen LogP contribution in [0.15, 0.2) is 33.1 Å². The number of sulfonamides is 1. The quantitative estimate of drug-likeness (QED) is 0.334. The molecule has 11 nitrogen and oxygen atoms in total. The van der Waals surface area contributed by atoms with Crippen molar-refractivity contribution in [1.82, 2.24) is 29.8 Å². The first-order chi connectivity index (χ1) is 16.1. The van der Waals surface area contributed by atoms with Crippen molar-refractivity contribution in [2.45, 2.75) is 36.8 Å². The maximum absolute atomic E-state index is 12.5. The van der Waals surface area contributed by atoms with E-state index in [-0.39, 0.29) is 29.1 Å². The fourth-order valence-electron chi connectivity index (χ4n) is 3.15. The molecule has 0 bridgehead atoms. The molecule has 1 saturated carbocycles. The number of nitrogens with one attached hydrogen (secondary N) is 3. The van der Waals surface area contributed by atoms with Crippen molar-refractivity contribution >= 4 is 60.7 Å². The Hall–Kier alpha value is -2.68. The van der Waals surface area contributed by atoms with Crippen molar-refractivity contribution in [2.24, 2.45) is 0 Å². The minimum atomic E-state index is -3.73. The van der Waals surface area contributed by atoms with E-state index in [2.05, 4.69) is 46.4 Å². The van der Waals surface area contributed by atoms with Crippen LogP contribution in [0.5, 0.6) is 0 Å². The molecular weight excluding hydrogens is 546 g/mol. The summed E-state index contributed by atoms with van der Waals surface area (Å²) >= 11 is 4.45. The fraction of sp³-hybridized carbons (Fsp3) is 0.350. The van der Waals surface area contributed by atoms with Gasteiger partial charge in [0.1, 0.15) is 10.0 Å². The molecule has 0 radical (unpaired) electrons. The van der Waals surface area contributed by atoms with E-state index < -0.39 is 10.0 Å². The molecule has 3 aromatic heterocycles. The maximum atomic E-state index is 12.5. The number of aromatic nitrogens is 4. The Morgan fingerprint density at radius 3 is 2.68 bits per heavy atom. The summed E-state index contributed by atoms with van der Waals surface area (Å²) in [6, 6.07) is 4.96. The molecule has 3 heterocycles. The van der Waals surface area contributed by atoms with Crippen molar-refractivity contribution in [1.29, 1.82) is 0 Å². The molecule has 3 aromatic rings. The van der Waals surface area contributed by atoms with Crippen LogP contribution in [0.3, 0.4) is 0 Å². The number of thiophene rings is 1. The van der Waals surface area contributed by atoms with Gasteiger partial charge in [-0.1, -0.05) is 0 Å². The summed E-state index contributed by atoms with van der Waals surface area (Å²) in [7, 11) is -3.73. The molecule has 1 amide bonds. The maximum Gasteiger partial charge on any atom is 0.250 e. The van der Waals surface area contributed by atoms with E-state index in [1.54, 1.807) is 12.3 Å². The van der Waals surface area contributed by atoms with Crippen molar-refractivity contribution in [3.63, 3.8) is 0 Å². The lowest BCUT2D eigenvalue weighted by molar-refractivity contribution is -0.118. The number of hydrogen-bond acceptors (Lipinski definition) is 9. The largest absolute Gasteiger partial charge is 0.355 e. The standard InChI is InChI=1S/C20H22BrN7O4S2/c1-11(29)22-7-8-24-34(31,32)18-6-5-16(33-18)20-23-10-14(21)19(26-20)25-17-9-15(13-3-4-13)28(27-17)12(2)30/h5-6,9-10,13,24H,3-4,7-8H2,1-2H3,(H,22,29)(H,23,25,26,27). The summed E-state index contributed by atoms with van der Waals surface area (Å²) in [4.78, 5) is 32.2. The van der Waals surface area contributed by atoms with Gasteiger partial charge >= 0.3 is 0 Å². The average Bonchev–Trinajstić information content (AvgIpc) is 3.32. The number of carbonyl (C=O) groups is 2. The Labute approximate surface area is 208 Å². The van der Waals surface area contributed by atoms with Gasteiger partial charge in [-0.05, 0) is 40.9 Å². The van der Waals surface area contributed by atoms with Crippen molar-refractivity contribution < 1.29 is 18.0 Å². The predicted molar refractivity (Wildman–Crippen MR) is 131 cm³/mol. The van der Waals surface area contributed by atoms with Crippen molar-refractivity contribution in [3.05, 3.63) is 34.6 Å². The molecular formula is C20H22BrN7O4S2. The SMILES string of the molecule is CC(=O)NCCNS(=O)(=O)c1ccc(-c2ncc(Br)c(Nc3cc(C4CC4)n(C(C)=O)n3)n2)s1. The zero-order valence-electron chi connectivity index (χ0n) is 18.3. The van der Waals surface area contributed by atoms with E-state index in [4.69, 9.17) is 0 Å². The first-order valence-corrected chi connectivity index (χ1v) is 13.5. The van der Waals surface area contributed by atoms with Gasteiger partial charge in [0.25, 0.3) is 0 Å². The van der Waals surface area contributed by atoms with Gasteiger partial charge in [-0.25, -0.2) is 27.8 Å². The highest BCUT2D eigenvalue weighted by atomic mass is 79.9. The molecule has 3 N–H and O–H groups in total. The van der Waals surface area contributed by atoms with Gasteiger partial charge in [-0.2, -0.15) is 0 Å². The zero-order valence-corrected chi connectivity index (χ0v) is 21.6. The van der Waals surface area contributed by atoms with Gasteiger partial charge in [0.2, 0.25) is 21.8 Å². The number of rotatable bonds is 9. The summed E-state index contributed by atoms with van der Waals surface area (Å²) < 4.78 is 29.6. The summed E-state index contributed by atoms with van der Waals surface area (Å²) in [6.45, 7) is 3.11. The van der Waals surface area contributed by atoms with Crippen LogP contribution >= 0.6 is 27.3 Å². The van der Waals surface area contributed by atoms with E-state index in [1.807, 2.05) is 6.07 Å². The zero-order chi connectivity index (χ0) is 24.5. The van der Waals surface area contributed by atoms with E-state index in [0.717, 1.165) is 29.9 Å². The summed E-state index contributed by atoms with van der Waals surface area (Å²) in [5.41, 5.74) is 0.875. The number of amides is 1. The summed E-state index contributed by atoms with van der Waals surface area (Å²) in [5, 5.41) is 10.0. The molecule has 0 aliphatic heterocycles. The van der Waals surface area contributed by atoms with Crippen molar-refractivity contribution in [3.8, 4) is 10.7 Å². The lowest BCUT2D eigenvalue weighted by atomic mass is 10.3. The number of halogens is 1. The summed E-state index contributed by atoms with van der Waals surface area (Å²) in [6.07, 6.45) is 3.63. The minimum absolute atomic E-state index is 0.0771. The molecule has 180 valence electrons. The van der Waals surface area contributed by atoms with Crippen LogP contribution < -0.4 is 15.4 Å². The lowest BCUT2D eigenvalue weighted by Gasteiger charge is -2.06. The molecule has 1 fully saturated rings. The van der Waals surface area contributed by atoms with Gasteiger partial charge in [0.15, 0.2) is 11.6 Å². The van der Waals surface area contributed by atoms with Gasteiger partial charge < -0.3 is 10.6 Å². The van der Waals surface area contributed by atoms with Crippen LogP contribution in [0.25, 0.3) is 10.7 Å². The third-order valence-corrected chi connectivity index (χ3v) is 8.49. The second-order valence-corrected chi connectivity index (χ2v) is 11.6. The molecule has 0 saturated heterocycles. The van der Waals surface area contributed by atoms with Gasteiger partial charge in [-0.15, -0.1) is 16.4 Å². The molecule has 0 atom stereocenters. The third-order valence-electron chi connectivity index (χ3n) is 4.88. The Morgan fingerprint density at radius 1 is 1.24 bits per heavy atom. The second kappa shape index (κ2) is 9.90. The van der Waals surface area contributed by atoms with E-state index in [9.17, 15) is 18.0 Å². The highest BCUT2D eigenvalue weighted by Crippen LogP contribution is 2.41. The second-order valence-electron chi connectivity index (χ2n) is 7.67.